The monoisotopic (exact) mass is 359 g/mol. The summed E-state index contributed by atoms with van der Waals surface area (Å²) in [6.45, 7) is 0. The summed E-state index contributed by atoms with van der Waals surface area (Å²) in [5, 5.41) is 16.1. The number of carbonyl (C=O) groups excluding carboxylic acids is 2. The molecule has 0 aliphatic carbocycles. The Morgan fingerprint density at radius 2 is 1.72 bits per heavy atom. The van der Waals surface area contributed by atoms with Crippen LogP contribution in [-0.4, -0.2) is 31.2 Å². The second kappa shape index (κ2) is 8.11. The summed E-state index contributed by atoms with van der Waals surface area (Å²) in [5.41, 5.74) is 0.739. The fourth-order valence-electron chi connectivity index (χ4n) is 2.04. The van der Waals surface area contributed by atoms with Gasteiger partial charge in [-0.25, -0.2) is 0 Å². The first kappa shape index (κ1) is 18.2. The number of anilines is 1. The van der Waals surface area contributed by atoms with Gasteiger partial charge in [0, 0.05) is 11.3 Å². The van der Waals surface area contributed by atoms with Crippen LogP contribution < -0.4 is 25.2 Å². The molecule has 2 aromatic carbocycles. The third kappa shape index (κ3) is 4.67. The second-order valence-corrected chi connectivity index (χ2v) is 5.25. The van der Waals surface area contributed by atoms with E-state index < -0.39 is 11.9 Å². The van der Waals surface area contributed by atoms with Gasteiger partial charge in [-0.2, -0.15) is 0 Å². The number of methoxy groups -OCH3 is 2. The Kier molecular flexibility index (Phi) is 5.91. The lowest BCUT2D eigenvalue weighted by Crippen LogP contribution is -2.34. The number of hydrogen-bond acceptors (Lipinski definition) is 6. The van der Waals surface area contributed by atoms with Gasteiger partial charge in [-0.3, -0.25) is 10.1 Å². The van der Waals surface area contributed by atoms with E-state index >= 15 is 0 Å². The Bertz CT molecular complexity index is 822. The van der Waals surface area contributed by atoms with Crippen molar-refractivity contribution in [2.75, 3.05) is 19.5 Å². The summed E-state index contributed by atoms with van der Waals surface area (Å²) in [4.78, 5) is 23.1. The lowest BCUT2D eigenvalue weighted by Gasteiger charge is -2.12. The fourth-order valence-corrected chi connectivity index (χ4v) is 2.25. The Morgan fingerprint density at radius 1 is 1.00 bits per heavy atom. The Labute approximate surface area is 149 Å². The van der Waals surface area contributed by atoms with Crippen LogP contribution in [0.3, 0.4) is 0 Å². The van der Waals surface area contributed by atoms with Crippen LogP contribution in [0.2, 0.25) is 0 Å². The number of amides is 1. The SMILES string of the molecule is COc1ccc(C(=O)NC(=S)Nc2cccc(C(=O)[O-])c2)cc1OC. The third-order valence-corrected chi connectivity index (χ3v) is 3.43. The fraction of sp³-hybridized carbons (Fsp3) is 0.118. The molecular formula is C17H15N2O5S-. The highest BCUT2D eigenvalue weighted by atomic mass is 32.1. The van der Waals surface area contributed by atoms with E-state index in [4.69, 9.17) is 21.7 Å². The molecule has 0 fully saturated rings. The van der Waals surface area contributed by atoms with Crippen LogP contribution in [-0.2, 0) is 0 Å². The number of nitrogens with one attached hydrogen (secondary N) is 2. The maximum Gasteiger partial charge on any atom is 0.257 e. The highest BCUT2D eigenvalue weighted by Crippen LogP contribution is 2.27. The zero-order chi connectivity index (χ0) is 18.4. The van der Waals surface area contributed by atoms with Gasteiger partial charge in [0.05, 0.1) is 20.2 Å². The molecule has 0 aliphatic rings. The van der Waals surface area contributed by atoms with Crippen molar-refractivity contribution >= 4 is 34.9 Å². The molecule has 0 atom stereocenters. The van der Waals surface area contributed by atoms with Crippen molar-refractivity contribution in [2.24, 2.45) is 0 Å². The first-order chi connectivity index (χ1) is 11.9. The molecule has 8 heteroatoms. The summed E-state index contributed by atoms with van der Waals surface area (Å²) in [7, 11) is 2.97. The molecule has 0 saturated heterocycles. The van der Waals surface area contributed by atoms with Gasteiger partial charge >= 0.3 is 0 Å². The van der Waals surface area contributed by atoms with Gasteiger partial charge in [0.25, 0.3) is 5.91 Å². The van der Waals surface area contributed by atoms with Gasteiger partial charge in [-0.1, -0.05) is 12.1 Å². The predicted molar refractivity (Wildman–Crippen MR) is 94.0 cm³/mol. The van der Waals surface area contributed by atoms with Crippen LogP contribution in [0, 0.1) is 0 Å². The highest BCUT2D eigenvalue weighted by Gasteiger charge is 2.12. The molecule has 0 spiro atoms. The number of rotatable bonds is 5. The van der Waals surface area contributed by atoms with Gasteiger partial charge in [0.1, 0.15) is 0 Å². The maximum absolute atomic E-state index is 12.2. The van der Waals surface area contributed by atoms with Gasteiger partial charge in [-0.05, 0) is 48.1 Å². The Morgan fingerprint density at radius 3 is 2.36 bits per heavy atom. The van der Waals surface area contributed by atoms with Crippen molar-refractivity contribution in [3.05, 3.63) is 53.6 Å². The number of thiocarbonyl (C=S) groups is 1. The van der Waals surface area contributed by atoms with Gasteiger partial charge in [-0.15, -0.1) is 0 Å². The number of ether oxygens (including phenoxy) is 2. The standard InChI is InChI=1S/C17H16N2O5S/c1-23-13-7-6-10(9-14(13)24-2)15(20)19-17(25)18-12-5-3-4-11(8-12)16(21)22/h3-9H,1-2H3,(H,21,22)(H2,18,19,20,25)/p-1. The third-order valence-electron chi connectivity index (χ3n) is 3.23. The van der Waals surface area contributed by atoms with Crippen molar-refractivity contribution in [1.82, 2.24) is 5.32 Å². The molecule has 0 aliphatic heterocycles. The first-order valence-electron chi connectivity index (χ1n) is 7.10. The van der Waals surface area contributed by atoms with E-state index in [1.807, 2.05) is 0 Å². The molecule has 7 nitrogen and oxygen atoms in total. The van der Waals surface area contributed by atoms with Gasteiger partial charge in [0.15, 0.2) is 16.6 Å². The summed E-state index contributed by atoms with van der Waals surface area (Å²) >= 11 is 5.07. The number of carboxylic acid groups (broad SMARTS) is 1. The van der Waals surface area contributed by atoms with Crippen LogP contribution in [0.1, 0.15) is 20.7 Å². The average Bonchev–Trinajstić information content (AvgIpc) is 2.61. The van der Waals surface area contributed by atoms with E-state index in [0.717, 1.165) is 0 Å². The second-order valence-electron chi connectivity index (χ2n) is 4.85. The molecule has 0 radical (unpaired) electrons. The summed E-state index contributed by atoms with van der Waals surface area (Å²) in [6.07, 6.45) is 0. The molecule has 0 saturated carbocycles. The quantitative estimate of drug-likeness (QED) is 0.774. The smallest absolute Gasteiger partial charge is 0.257 e. The van der Waals surface area contributed by atoms with Crippen molar-refractivity contribution in [2.45, 2.75) is 0 Å². The molecule has 2 N–H and O–H groups in total. The Balaban J connectivity index is 2.06. The van der Waals surface area contributed by atoms with Crippen LogP contribution >= 0.6 is 12.2 Å². The lowest BCUT2D eigenvalue weighted by molar-refractivity contribution is -0.255. The zero-order valence-electron chi connectivity index (χ0n) is 13.5. The minimum Gasteiger partial charge on any atom is -0.545 e. The molecule has 0 heterocycles. The summed E-state index contributed by atoms with van der Waals surface area (Å²) < 4.78 is 10.3. The lowest BCUT2D eigenvalue weighted by atomic mass is 10.2. The predicted octanol–water partition coefficient (Wildman–Crippen LogP) is 1.19. The molecule has 1 amide bonds. The first-order valence-corrected chi connectivity index (χ1v) is 7.51. The molecule has 0 aromatic heterocycles. The highest BCUT2D eigenvalue weighted by molar-refractivity contribution is 7.80. The van der Waals surface area contributed by atoms with Gasteiger partial charge < -0.3 is 24.7 Å². The normalized spacial score (nSPS) is 9.84. The van der Waals surface area contributed by atoms with Crippen LogP contribution in [0.5, 0.6) is 11.5 Å². The number of hydrogen-bond donors (Lipinski definition) is 2. The number of benzene rings is 2. The molecule has 0 bridgehead atoms. The van der Waals surface area contributed by atoms with Crippen LogP contribution in [0.4, 0.5) is 5.69 Å². The van der Waals surface area contributed by atoms with E-state index in [1.54, 1.807) is 18.2 Å². The molecule has 2 aromatic rings. The maximum atomic E-state index is 12.2. The zero-order valence-corrected chi connectivity index (χ0v) is 14.3. The topological polar surface area (TPSA) is 99.7 Å². The summed E-state index contributed by atoms with van der Waals surface area (Å²) in [5.74, 6) is -0.840. The van der Waals surface area contributed by atoms with E-state index in [1.165, 1.54) is 38.5 Å². The van der Waals surface area contributed by atoms with Gasteiger partial charge in [0.2, 0.25) is 0 Å². The Hall–Kier alpha value is -3.13. The molecule has 25 heavy (non-hydrogen) atoms. The number of aromatic carboxylic acids is 1. The van der Waals surface area contributed by atoms with Crippen molar-refractivity contribution in [3.8, 4) is 11.5 Å². The molecule has 130 valence electrons. The van der Waals surface area contributed by atoms with E-state index in [9.17, 15) is 14.7 Å². The van der Waals surface area contributed by atoms with Crippen molar-refractivity contribution in [3.63, 3.8) is 0 Å². The van der Waals surface area contributed by atoms with E-state index in [0.29, 0.717) is 22.7 Å². The van der Waals surface area contributed by atoms with E-state index in [2.05, 4.69) is 10.6 Å². The summed E-state index contributed by atoms with van der Waals surface area (Å²) in [6, 6.07) is 10.6. The van der Waals surface area contributed by atoms with Crippen molar-refractivity contribution < 1.29 is 24.2 Å². The number of carboxylic acids is 1. The largest absolute Gasteiger partial charge is 0.545 e. The minimum atomic E-state index is -1.30. The average molecular weight is 359 g/mol. The molecular weight excluding hydrogens is 344 g/mol. The molecule has 2 rings (SSSR count). The molecule has 0 unspecified atom stereocenters. The van der Waals surface area contributed by atoms with E-state index in [-0.39, 0.29) is 10.7 Å². The minimum absolute atomic E-state index is 0.000910. The van der Waals surface area contributed by atoms with Crippen molar-refractivity contribution in [1.29, 1.82) is 0 Å². The van der Waals surface area contributed by atoms with Crippen LogP contribution in [0.15, 0.2) is 42.5 Å². The number of carbonyl (C=O) groups is 2. The van der Waals surface area contributed by atoms with Crippen LogP contribution in [0.25, 0.3) is 0 Å².